The second-order valence-corrected chi connectivity index (χ2v) is 18.6. The maximum Gasteiger partial charge on any atom is 0.495 e. The molecule has 210 valence electrons. The second-order valence-electron chi connectivity index (χ2n) is 13.8. The van der Waals surface area contributed by atoms with E-state index in [1.165, 1.54) is 18.4 Å². The van der Waals surface area contributed by atoms with Crippen molar-refractivity contribution >= 4 is 32.5 Å². The van der Waals surface area contributed by atoms with Crippen molar-refractivity contribution in [3.63, 3.8) is 0 Å². The summed E-state index contributed by atoms with van der Waals surface area (Å²) >= 11 is 0. The Morgan fingerprint density at radius 3 is 2.33 bits per heavy atom. The lowest BCUT2D eigenvalue weighted by Crippen LogP contribution is -2.43. The number of fused-ring (bicyclic) bond motifs is 1. The predicted octanol–water partition coefficient (Wildman–Crippen LogP) is 6.42. The third-order valence-corrected chi connectivity index (χ3v) is 13.9. The molecule has 3 aliphatic rings. The Hall–Kier alpha value is -2.13. The van der Waals surface area contributed by atoms with Crippen LogP contribution in [0.2, 0.25) is 18.1 Å². The van der Waals surface area contributed by atoms with E-state index in [9.17, 15) is 4.79 Å². The number of rotatable bonds is 6. The molecule has 0 atom stereocenters. The SMILES string of the molecule is CC1(C)OB(c2cccc(N3CCOc4cc(C5CC5)ccc4C3=O)c2CO[Si](C)(C)C(C)(C)C)OC1(C)C. The minimum absolute atomic E-state index is 0.0514. The van der Waals surface area contributed by atoms with Crippen molar-refractivity contribution in [3.05, 3.63) is 53.1 Å². The van der Waals surface area contributed by atoms with E-state index in [1.807, 2.05) is 29.2 Å². The summed E-state index contributed by atoms with van der Waals surface area (Å²) in [7, 11) is -2.64. The molecular formula is C31H44BNO5Si. The quantitative estimate of drug-likeness (QED) is 0.389. The van der Waals surface area contributed by atoms with Crippen LogP contribution in [0.1, 0.15) is 88.7 Å². The summed E-state index contributed by atoms with van der Waals surface area (Å²) in [5.74, 6) is 1.24. The number of benzene rings is 2. The third-order valence-electron chi connectivity index (χ3n) is 9.47. The van der Waals surface area contributed by atoms with E-state index in [1.54, 1.807) is 0 Å². The topological polar surface area (TPSA) is 57.2 Å². The average Bonchev–Trinajstić information content (AvgIpc) is 3.67. The van der Waals surface area contributed by atoms with Gasteiger partial charge in [-0.2, -0.15) is 0 Å². The van der Waals surface area contributed by atoms with Gasteiger partial charge in [-0.15, -0.1) is 0 Å². The summed E-state index contributed by atoms with van der Waals surface area (Å²) in [6, 6.07) is 12.1. The largest absolute Gasteiger partial charge is 0.495 e. The van der Waals surface area contributed by atoms with Gasteiger partial charge >= 0.3 is 7.12 Å². The molecule has 2 heterocycles. The Bertz CT molecular complexity index is 1250. The van der Waals surface area contributed by atoms with Crippen LogP contribution in [0.4, 0.5) is 5.69 Å². The highest BCUT2D eigenvalue weighted by Gasteiger charge is 2.52. The van der Waals surface area contributed by atoms with Crippen molar-refractivity contribution in [2.45, 2.75) is 103 Å². The lowest BCUT2D eigenvalue weighted by atomic mass is 9.75. The lowest BCUT2D eigenvalue weighted by Gasteiger charge is -2.37. The number of ether oxygens (including phenoxy) is 1. The van der Waals surface area contributed by atoms with Gasteiger partial charge in [-0.3, -0.25) is 4.79 Å². The van der Waals surface area contributed by atoms with E-state index in [2.05, 4.69) is 73.7 Å². The molecule has 2 aromatic carbocycles. The van der Waals surface area contributed by atoms with Gasteiger partial charge in [0, 0.05) is 11.3 Å². The second kappa shape index (κ2) is 9.75. The molecule has 1 saturated carbocycles. The van der Waals surface area contributed by atoms with E-state index < -0.39 is 26.6 Å². The Morgan fingerprint density at radius 1 is 1.05 bits per heavy atom. The van der Waals surface area contributed by atoms with Gasteiger partial charge in [0.15, 0.2) is 8.32 Å². The molecule has 1 saturated heterocycles. The average molecular weight is 550 g/mol. The Kier molecular flexibility index (Phi) is 7.10. The van der Waals surface area contributed by atoms with Crippen LogP contribution in [0.15, 0.2) is 36.4 Å². The molecule has 2 aliphatic heterocycles. The first-order chi connectivity index (χ1) is 18.1. The van der Waals surface area contributed by atoms with Crippen LogP contribution in [0.25, 0.3) is 0 Å². The van der Waals surface area contributed by atoms with Crippen molar-refractivity contribution in [2.75, 3.05) is 18.1 Å². The molecule has 0 bridgehead atoms. The maximum absolute atomic E-state index is 14.0. The zero-order valence-electron chi connectivity index (χ0n) is 25.1. The monoisotopic (exact) mass is 549 g/mol. The van der Waals surface area contributed by atoms with Crippen LogP contribution < -0.4 is 15.1 Å². The molecular weight excluding hydrogens is 505 g/mol. The maximum atomic E-state index is 14.0. The molecule has 5 rings (SSSR count). The summed E-state index contributed by atoms with van der Waals surface area (Å²) in [4.78, 5) is 15.9. The molecule has 0 spiro atoms. The van der Waals surface area contributed by atoms with Crippen LogP contribution in [-0.4, -0.2) is 45.7 Å². The standard InChI is InChI=1S/C31H44BNO5Si/c1-29(2,3)39(8,9)36-20-24-25(32-37-30(4,5)31(6,7)38-32)11-10-12-26(24)33-17-18-35-27-19-22(21-13-14-21)15-16-23(27)28(33)34/h10-12,15-16,19,21H,13-14,17-18,20H2,1-9H3. The van der Waals surface area contributed by atoms with E-state index in [0.29, 0.717) is 37.0 Å². The number of hydrogen-bond acceptors (Lipinski definition) is 5. The van der Waals surface area contributed by atoms with Gasteiger partial charge in [0.25, 0.3) is 5.91 Å². The van der Waals surface area contributed by atoms with Crippen LogP contribution in [0.5, 0.6) is 5.75 Å². The summed E-state index contributed by atoms with van der Waals surface area (Å²) in [6.07, 6.45) is 2.42. The van der Waals surface area contributed by atoms with E-state index >= 15 is 0 Å². The van der Waals surface area contributed by atoms with Crippen LogP contribution in [-0.2, 0) is 20.3 Å². The minimum atomic E-state index is -2.08. The van der Waals surface area contributed by atoms with Gasteiger partial charge in [0.2, 0.25) is 0 Å². The van der Waals surface area contributed by atoms with Crippen LogP contribution in [0, 0.1) is 0 Å². The molecule has 0 unspecified atom stereocenters. The number of carbonyl (C=O) groups excluding carboxylic acids is 1. The molecule has 39 heavy (non-hydrogen) atoms. The number of carbonyl (C=O) groups is 1. The molecule has 8 heteroatoms. The van der Waals surface area contributed by atoms with Crippen molar-refractivity contribution in [2.24, 2.45) is 0 Å². The Balaban J connectivity index is 1.55. The molecule has 1 aliphatic carbocycles. The summed E-state index contributed by atoms with van der Waals surface area (Å²) in [5, 5.41) is 0.0525. The lowest BCUT2D eigenvalue weighted by molar-refractivity contribution is 0.00578. The fourth-order valence-electron chi connectivity index (χ4n) is 4.89. The minimum Gasteiger partial charge on any atom is -0.491 e. The van der Waals surface area contributed by atoms with Crippen molar-refractivity contribution in [1.29, 1.82) is 0 Å². The molecule has 0 radical (unpaired) electrons. The first kappa shape index (κ1) is 28.4. The normalized spacial score (nSPS) is 21.0. The van der Waals surface area contributed by atoms with Crippen LogP contribution in [0.3, 0.4) is 0 Å². The molecule has 0 aromatic heterocycles. The number of anilines is 1. The summed E-state index contributed by atoms with van der Waals surface area (Å²) in [5.41, 5.74) is 3.59. The molecule has 1 amide bonds. The highest BCUT2D eigenvalue weighted by Crippen LogP contribution is 2.43. The first-order valence-electron chi connectivity index (χ1n) is 14.3. The van der Waals surface area contributed by atoms with Gasteiger partial charge in [-0.05, 0) is 93.8 Å². The number of hydrogen-bond donors (Lipinski definition) is 0. The smallest absolute Gasteiger partial charge is 0.491 e. The fourth-order valence-corrected chi connectivity index (χ4v) is 5.83. The van der Waals surface area contributed by atoms with Crippen molar-refractivity contribution < 1.29 is 23.3 Å². The zero-order valence-corrected chi connectivity index (χ0v) is 26.1. The van der Waals surface area contributed by atoms with Crippen molar-refractivity contribution in [1.82, 2.24) is 0 Å². The third kappa shape index (κ3) is 5.33. The number of amides is 1. The highest BCUT2D eigenvalue weighted by molar-refractivity contribution is 6.74. The zero-order chi connectivity index (χ0) is 28.4. The number of nitrogens with zero attached hydrogens (tertiary/aromatic N) is 1. The van der Waals surface area contributed by atoms with E-state index in [-0.39, 0.29) is 10.9 Å². The molecule has 2 fully saturated rings. The van der Waals surface area contributed by atoms with Crippen molar-refractivity contribution in [3.8, 4) is 5.75 Å². The fraction of sp³-hybridized carbons (Fsp3) is 0.581. The van der Waals surface area contributed by atoms with E-state index in [4.69, 9.17) is 18.5 Å². The Morgan fingerprint density at radius 2 is 1.72 bits per heavy atom. The first-order valence-corrected chi connectivity index (χ1v) is 17.2. The highest BCUT2D eigenvalue weighted by atomic mass is 28.4. The Labute approximate surface area is 235 Å². The molecule has 0 N–H and O–H groups in total. The predicted molar refractivity (Wildman–Crippen MR) is 160 cm³/mol. The van der Waals surface area contributed by atoms with Gasteiger partial charge in [-0.1, -0.05) is 39.0 Å². The van der Waals surface area contributed by atoms with Gasteiger partial charge in [0.05, 0.1) is 29.9 Å². The summed E-state index contributed by atoms with van der Waals surface area (Å²) < 4.78 is 25.9. The van der Waals surface area contributed by atoms with Crippen LogP contribution >= 0.6 is 0 Å². The van der Waals surface area contributed by atoms with E-state index in [0.717, 1.165) is 16.7 Å². The molecule has 6 nitrogen and oxygen atoms in total. The van der Waals surface area contributed by atoms with Gasteiger partial charge in [-0.25, -0.2) is 0 Å². The van der Waals surface area contributed by atoms with Gasteiger partial charge < -0.3 is 23.4 Å². The molecule has 2 aromatic rings. The van der Waals surface area contributed by atoms with Gasteiger partial charge in [0.1, 0.15) is 12.4 Å². The summed E-state index contributed by atoms with van der Waals surface area (Å²) in [6.45, 7) is 20.7.